The minimum absolute atomic E-state index is 0.0257. The summed E-state index contributed by atoms with van der Waals surface area (Å²) in [6.07, 6.45) is -24.5. The number of nitrogens with zero attached hydrogens (tertiary/aromatic N) is 1. The maximum Gasteiger partial charge on any atom is 0.461 e. The van der Waals surface area contributed by atoms with Crippen LogP contribution in [-0.2, 0) is 21.5 Å². The maximum atomic E-state index is 14.8. The number of pyridine rings is 1. The van der Waals surface area contributed by atoms with Gasteiger partial charge in [0.1, 0.15) is 17.1 Å². The smallest absolute Gasteiger partial charge is 0.428 e. The zero-order chi connectivity index (χ0) is 32.0. The quantitative estimate of drug-likeness (QED) is 0.201. The second kappa shape index (κ2) is 11.1. The molecule has 17 heteroatoms. The summed E-state index contributed by atoms with van der Waals surface area (Å²) in [7, 11) is 0. The summed E-state index contributed by atoms with van der Waals surface area (Å²) < 4.78 is 157. The van der Waals surface area contributed by atoms with Crippen LogP contribution in [0.15, 0.2) is 66.9 Å². The Morgan fingerprint density at radius 3 is 2.12 bits per heavy atom. The lowest BCUT2D eigenvalue weighted by Gasteiger charge is -2.36. The molecule has 2 heterocycles. The van der Waals surface area contributed by atoms with Crippen LogP contribution >= 0.6 is 11.6 Å². The standard InChI is InChI=1S/C26H16ClF11N2O3/c27-15-6-7-18(39-12-15)22(11-13-4-2-1-3-5-13,14-8-16(28)10-17(9-14)42-24(31,32)21(29)30)40-20(41)19-23(43-19,25(33,34)35)26(36,37)38/h1-10,12,19,21H,11H2,(H,40,41). The maximum absolute atomic E-state index is 14.8. The van der Waals surface area contributed by atoms with Crippen LogP contribution in [-0.4, -0.2) is 47.5 Å². The molecule has 5 nitrogen and oxygen atoms in total. The number of hydrogen-bond acceptors (Lipinski definition) is 4. The van der Waals surface area contributed by atoms with Gasteiger partial charge >= 0.3 is 24.9 Å². The third-order valence-electron chi connectivity index (χ3n) is 6.38. The molecule has 1 aliphatic rings. The van der Waals surface area contributed by atoms with Gasteiger partial charge in [0.25, 0.3) is 11.5 Å². The fraction of sp³-hybridized carbons (Fsp3) is 0.308. The second-order valence-corrected chi connectivity index (χ2v) is 9.72. The summed E-state index contributed by atoms with van der Waals surface area (Å²) in [6, 6.07) is 10.9. The Kier molecular flexibility index (Phi) is 8.34. The van der Waals surface area contributed by atoms with Crippen molar-refractivity contribution in [3.8, 4) is 5.75 Å². The van der Waals surface area contributed by atoms with Gasteiger partial charge in [0.2, 0.25) is 0 Å². The van der Waals surface area contributed by atoms with Gasteiger partial charge in [0, 0.05) is 18.7 Å². The number of hydrogen-bond donors (Lipinski definition) is 1. The highest BCUT2D eigenvalue weighted by atomic mass is 35.5. The molecule has 1 aromatic heterocycles. The van der Waals surface area contributed by atoms with Crippen molar-refractivity contribution in [1.82, 2.24) is 10.3 Å². The first-order valence-corrected chi connectivity index (χ1v) is 12.2. The molecule has 0 spiro atoms. The van der Waals surface area contributed by atoms with E-state index in [0.717, 1.165) is 18.3 Å². The van der Waals surface area contributed by atoms with Gasteiger partial charge in [-0.05, 0) is 35.4 Å². The van der Waals surface area contributed by atoms with Gasteiger partial charge in [-0.2, -0.15) is 43.9 Å². The topological polar surface area (TPSA) is 63.8 Å². The molecule has 3 aromatic rings. The number of aromatic nitrogens is 1. The van der Waals surface area contributed by atoms with Crippen LogP contribution in [0.4, 0.5) is 48.3 Å². The van der Waals surface area contributed by atoms with Gasteiger partial charge in [0.05, 0.1) is 10.7 Å². The fourth-order valence-electron chi connectivity index (χ4n) is 4.38. The van der Waals surface area contributed by atoms with Crippen molar-refractivity contribution in [2.75, 3.05) is 0 Å². The van der Waals surface area contributed by atoms with Crippen molar-refractivity contribution in [2.45, 2.75) is 48.6 Å². The lowest BCUT2D eigenvalue weighted by Crippen LogP contribution is -2.55. The summed E-state index contributed by atoms with van der Waals surface area (Å²) >= 11 is 5.87. The highest BCUT2D eigenvalue weighted by Gasteiger charge is 2.89. The zero-order valence-electron chi connectivity index (χ0n) is 20.9. The summed E-state index contributed by atoms with van der Waals surface area (Å²) in [5.74, 6) is -4.63. The number of carbonyl (C=O) groups excluding carboxylic acids is 1. The van der Waals surface area contributed by atoms with E-state index >= 15 is 0 Å². The monoisotopic (exact) mass is 648 g/mol. The SMILES string of the molecule is O=C(NC(Cc1ccccc1)(c1cc(F)cc(OC(F)(F)C(F)F)c1)c1ccc(Cl)cn1)C1OC1(C(F)(F)F)C(F)(F)F. The molecule has 0 saturated carbocycles. The van der Waals surface area contributed by atoms with Crippen molar-refractivity contribution in [2.24, 2.45) is 0 Å². The van der Waals surface area contributed by atoms with Crippen LogP contribution in [0.1, 0.15) is 16.8 Å². The third-order valence-corrected chi connectivity index (χ3v) is 6.61. The molecule has 0 bridgehead atoms. The highest BCUT2D eigenvalue weighted by molar-refractivity contribution is 6.30. The number of benzene rings is 2. The summed E-state index contributed by atoms with van der Waals surface area (Å²) in [5, 5.41) is 1.98. The van der Waals surface area contributed by atoms with Gasteiger partial charge in [-0.25, -0.2) is 4.39 Å². The zero-order valence-corrected chi connectivity index (χ0v) is 21.7. The Bertz CT molecular complexity index is 1450. The molecule has 1 amide bonds. The van der Waals surface area contributed by atoms with E-state index in [9.17, 15) is 53.1 Å². The lowest BCUT2D eigenvalue weighted by atomic mass is 9.80. The molecule has 1 fully saturated rings. The van der Waals surface area contributed by atoms with Crippen LogP contribution in [0.25, 0.3) is 0 Å². The Hall–Kier alpha value is -3.66. The van der Waals surface area contributed by atoms with Gasteiger partial charge in [-0.3, -0.25) is 9.78 Å². The molecule has 1 N–H and O–H groups in total. The number of alkyl halides is 10. The van der Waals surface area contributed by atoms with E-state index in [0.29, 0.717) is 12.1 Å². The number of nitrogens with one attached hydrogen (secondary N) is 1. The predicted molar refractivity (Wildman–Crippen MR) is 126 cm³/mol. The molecule has 1 saturated heterocycles. The molecule has 2 atom stereocenters. The molecule has 2 unspecified atom stereocenters. The van der Waals surface area contributed by atoms with Gasteiger partial charge < -0.3 is 14.8 Å². The molecule has 232 valence electrons. The van der Waals surface area contributed by atoms with Crippen molar-refractivity contribution >= 4 is 17.5 Å². The Morgan fingerprint density at radius 1 is 0.977 bits per heavy atom. The first-order chi connectivity index (χ1) is 19.8. The molecule has 4 rings (SSSR count). The van der Waals surface area contributed by atoms with E-state index < -0.39 is 71.6 Å². The van der Waals surface area contributed by atoms with Crippen molar-refractivity contribution in [3.05, 3.63) is 94.5 Å². The van der Waals surface area contributed by atoms with E-state index in [1.165, 1.54) is 30.3 Å². The largest absolute Gasteiger partial charge is 0.461 e. The van der Waals surface area contributed by atoms with Gasteiger partial charge in [-0.1, -0.05) is 41.9 Å². The number of halogens is 12. The minimum atomic E-state index is -6.10. The van der Waals surface area contributed by atoms with Gasteiger partial charge in [-0.15, -0.1) is 0 Å². The predicted octanol–water partition coefficient (Wildman–Crippen LogP) is 6.98. The normalized spacial score (nSPS) is 18.2. The van der Waals surface area contributed by atoms with E-state index in [-0.39, 0.29) is 22.3 Å². The third kappa shape index (κ3) is 6.20. The fourth-order valence-corrected chi connectivity index (χ4v) is 4.49. The first-order valence-electron chi connectivity index (χ1n) is 11.8. The summed E-state index contributed by atoms with van der Waals surface area (Å²) in [4.78, 5) is 17.2. The Balaban J connectivity index is 1.92. The Morgan fingerprint density at radius 2 is 1.60 bits per heavy atom. The average Bonchev–Trinajstić information content (AvgIpc) is 3.67. The average molecular weight is 649 g/mol. The van der Waals surface area contributed by atoms with Crippen LogP contribution in [0.3, 0.4) is 0 Å². The number of carbonyl (C=O) groups is 1. The number of epoxide rings is 1. The van der Waals surface area contributed by atoms with E-state index in [1.807, 2.05) is 5.32 Å². The van der Waals surface area contributed by atoms with Crippen molar-refractivity contribution in [1.29, 1.82) is 0 Å². The second-order valence-electron chi connectivity index (χ2n) is 9.29. The van der Waals surface area contributed by atoms with Crippen LogP contribution in [0.5, 0.6) is 5.75 Å². The Labute approximate surface area is 239 Å². The number of ether oxygens (including phenoxy) is 2. The lowest BCUT2D eigenvalue weighted by molar-refractivity contribution is -0.292. The molecule has 0 aliphatic carbocycles. The van der Waals surface area contributed by atoms with Crippen LogP contribution in [0.2, 0.25) is 5.02 Å². The minimum Gasteiger partial charge on any atom is -0.428 e. The molecule has 2 aromatic carbocycles. The van der Waals surface area contributed by atoms with Crippen LogP contribution < -0.4 is 10.1 Å². The van der Waals surface area contributed by atoms with Crippen molar-refractivity contribution < 1.29 is 62.6 Å². The van der Waals surface area contributed by atoms with E-state index in [1.54, 1.807) is 0 Å². The van der Waals surface area contributed by atoms with E-state index in [2.05, 4.69) is 14.5 Å². The van der Waals surface area contributed by atoms with Crippen molar-refractivity contribution in [3.63, 3.8) is 0 Å². The number of rotatable bonds is 9. The molecule has 0 radical (unpaired) electrons. The number of amides is 1. The molecular formula is C26H16ClF11N2O3. The van der Waals surface area contributed by atoms with Crippen LogP contribution in [0, 0.1) is 5.82 Å². The molecule has 1 aliphatic heterocycles. The van der Waals surface area contributed by atoms with E-state index in [4.69, 9.17) is 11.6 Å². The highest BCUT2D eigenvalue weighted by Crippen LogP contribution is 2.59. The molecule has 43 heavy (non-hydrogen) atoms. The summed E-state index contributed by atoms with van der Waals surface area (Å²) in [5.41, 5.74) is -8.12. The first kappa shape index (κ1) is 32.3. The summed E-state index contributed by atoms with van der Waals surface area (Å²) in [6.45, 7) is 0. The molecular weight excluding hydrogens is 633 g/mol. The van der Waals surface area contributed by atoms with Gasteiger partial charge in [0.15, 0.2) is 6.10 Å².